The maximum atomic E-state index is 14.5. The molecule has 1 fully saturated rings. The van der Waals surface area contributed by atoms with Crippen LogP contribution in [0, 0.1) is 5.82 Å². The van der Waals surface area contributed by atoms with E-state index in [4.69, 9.17) is 15.2 Å². The van der Waals surface area contributed by atoms with E-state index < -0.39 is 35.1 Å². The van der Waals surface area contributed by atoms with Crippen LogP contribution >= 0.6 is 0 Å². The lowest BCUT2D eigenvalue weighted by atomic mass is 9.86. The van der Waals surface area contributed by atoms with Crippen molar-refractivity contribution < 1.29 is 28.2 Å². The van der Waals surface area contributed by atoms with E-state index in [1.165, 1.54) is 13.2 Å². The van der Waals surface area contributed by atoms with E-state index in [0.29, 0.717) is 25.9 Å². The van der Waals surface area contributed by atoms with Crippen LogP contribution in [-0.2, 0) is 9.47 Å². The lowest BCUT2D eigenvalue weighted by Crippen LogP contribution is -2.47. The Balaban J connectivity index is 1.85. The third-order valence-electron chi connectivity index (χ3n) is 4.77. The highest BCUT2D eigenvalue weighted by Crippen LogP contribution is 2.44. The van der Waals surface area contributed by atoms with Gasteiger partial charge in [0.25, 0.3) is 0 Å². The monoisotopic (exact) mass is 380 g/mol. The van der Waals surface area contributed by atoms with Crippen LogP contribution in [0.1, 0.15) is 55.6 Å². The summed E-state index contributed by atoms with van der Waals surface area (Å²) in [5.41, 5.74) is 5.18. The Morgan fingerprint density at radius 3 is 2.70 bits per heavy atom. The van der Waals surface area contributed by atoms with Crippen molar-refractivity contribution in [3.8, 4) is 5.75 Å². The second-order valence-electron chi connectivity index (χ2n) is 8.11. The molecular formula is C19H25FN2O5. The number of benzene rings is 1. The molecule has 2 aliphatic rings. The Hall–Kier alpha value is -2.35. The normalized spacial score (nSPS) is 24.4. The molecule has 2 aliphatic heterocycles. The second kappa shape index (κ2) is 6.67. The Morgan fingerprint density at radius 1 is 1.37 bits per heavy atom. The van der Waals surface area contributed by atoms with Crippen LogP contribution in [0.25, 0.3) is 0 Å². The Labute approximate surface area is 157 Å². The molecule has 2 unspecified atom stereocenters. The number of halogens is 1. The van der Waals surface area contributed by atoms with Gasteiger partial charge in [0.1, 0.15) is 22.8 Å². The minimum Gasteiger partial charge on any atom is -0.485 e. The van der Waals surface area contributed by atoms with Gasteiger partial charge in [0.15, 0.2) is 0 Å². The number of rotatable bonds is 1. The molecule has 148 valence electrons. The number of ether oxygens (including phenoxy) is 3. The Bertz CT molecular complexity index is 776. The van der Waals surface area contributed by atoms with Crippen LogP contribution in [0.2, 0.25) is 0 Å². The minimum atomic E-state index is -0.732. The first kappa shape index (κ1) is 19.4. The lowest BCUT2D eigenvalue weighted by molar-refractivity contribution is 0.0140. The van der Waals surface area contributed by atoms with E-state index in [9.17, 15) is 14.0 Å². The number of likely N-dealkylation sites (tertiary alicyclic amines) is 1. The highest BCUT2D eigenvalue weighted by atomic mass is 19.1. The van der Waals surface area contributed by atoms with Crippen molar-refractivity contribution in [3.05, 3.63) is 29.1 Å². The van der Waals surface area contributed by atoms with Crippen LogP contribution in [0.4, 0.5) is 9.18 Å². The lowest BCUT2D eigenvalue weighted by Gasteiger charge is -2.38. The van der Waals surface area contributed by atoms with Crippen LogP contribution < -0.4 is 10.5 Å². The third-order valence-corrected chi connectivity index (χ3v) is 4.77. The fourth-order valence-electron chi connectivity index (χ4n) is 3.63. The number of nitrogens with zero attached hydrogens (tertiary/aromatic N) is 1. The summed E-state index contributed by atoms with van der Waals surface area (Å²) in [7, 11) is 1.23. The van der Waals surface area contributed by atoms with Gasteiger partial charge in [0, 0.05) is 31.0 Å². The molecule has 0 aromatic heterocycles. The quantitative estimate of drug-likeness (QED) is 0.754. The molecule has 0 aliphatic carbocycles. The maximum absolute atomic E-state index is 14.5. The second-order valence-corrected chi connectivity index (χ2v) is 8.11. The standard InChI is InChI=1S/C19H25FN2O5/c1-18(2,3)27-17(24)22-6-5-19(10-22)9-13(21)15-12(20)7-11(16(23)25-4)8-14(15)26-19/h7-8,13H,5-6,9-10,21H2,1-4H3. The molecule has 8 heteroatoms. The van der Waals surface area contributed by atoms with E-state index in [-0.39, 0.29) is 16.9 Å². The molecule has 1 aromatic carbocycles. The molecule has 1 aromatic rings. The van der Waals surface area contributed by atoms with Gasteiger partial charge in [0.2, 0.25) is 0 Å². The average molecular weight is 380 g/mol. The molecule has 0 bridgehead atoms. The third kappa shape index (κ3) is 3.85. The van der Waals surface area contributed by atoms with Crippen molar-refractivity contribution in [1.29, 1.82) is 0 Å². The molecule has 2 atom stereocenters. The molecule has 3 rings (SSSR count). The van der Waals surface area contributed by atoms with E-state index in [0.717, 1.165) is 6.07 Å². The van der Waals surface area contributed by atoms with E-state index in [2.05, 4.69) is 4.74 Å². The molecule has 2 heterocycles. The summed E-state index contributed by atoms with van der Waals surface area (Å²) in [5.74, 6) is -1.03. The zero-order valence-electron chi connectivity index (χ0n) is 16.0. The summed E-state index contributed by atoms with van der Waals surface area (Å²) in [6.07, 6.45) is 0.494. The smallest absolute Gasteiger partial charge is 0.410 e. The number of esters is 1. The van der Waals surface area contributed by atoms with Crippen molar-refractivity contribution >= 4 is 12.1 Å². The summed E-state index contributed by atoms with van der Waals surface area (Å²) in [6.45, 7) is 6.15. The summed E-state index contributed by atoms with van der Waals surface area (Å²) in [4.78, 5) is 25.7. The highest BCUT2D eigenvalue weighted by Gasteiger charge is 2.48. The molecular weight excluding hydrogens is 355 g/mol. The number of methoxy groups -OCH3 is 1. The van der Waals surface area contributed by atoms with Gasteiger partial charge in [-0.15, -0.1) is 0 Å². The summed E-state index contributed by atoms with van der Waals surface area (Å²) in [5, 5.41) is 0. The molecule has 0 radical (unpaired) electrons. The Kier molecular flexibility index (Phi) is 4.80. The van der Waals surface area contributed by atoms with Gasteiger partial charge >= 0.3 is 12.1 Å². The predicted molar refractivity (Wildman–Crippen MR) is 95.1 cm³/mol. The van der Waals surface area contributed by atoms with Gasteiger partial charge in [-0.3, -0.25) is 0 Å². The summed E-state index contributed by atoms with van der Waals surface area (Å²) >= 11 is 0. The summed E-state index contributed by atoms with van der Waals surface area (Å²) in [6, 6.07) is 1.95. The van der Waals surface area contributed by atoms with Crippen LogP contribution in [-0.4, -0.2) is 48.4 Å². The number of fused-ring (bicyclic) bond motifs is 1. The van der Waals surface area contributed by atoms with Gasteiger partial charge in [-0.25, -0.2) is 14.0 Å². The molecule has 2 N–H and O–H groups in total. The number of hydrogen-bond acceptors (Lipinski definition) is 6. The SMILES string of the molecule is COC(=O)c1cc(F)c2c(c1)OC1(CCN(C(=O)OC(C)(C)C)C1)CC2N. The average Bonchev–Trinajstić information content (AvgIpc) is 2.94. The van der Waals surface area contributed by atoms with E-state index in [1.807, 2.05) is 0 Å². The van der Waals surface area contributed by atoms with Crippen molar-refractivity contribution in [3.63, 3.8) is 0 Å². The maximum Gasteiger partial charge on any atom is 0.410 e. The largest absolute Gasteiger partial charge is 0.485 e. The van der Waals surface area contributed by atoms with Gasteiger partial charge in [-0.1, -0.05) is 0 Å². The van der Waals surface area contributed by atoms with Gasteiger partial charge in [0.05, 0.1) is 19.2 Å². The number of carbonyl (C=O) groups is 2. The Morgan fingerprint density at radius 2 is 2.07 bits per heavy atom. The van der Waals surface area contributed by atoms with E-state index >= 15 is 0 Å². The first-order valence-electron chi connectivity index (χ1n) is 8.88. The molecule has 1 spiro atoms. The zero-order chi connectivity index (χ0) is 20.0. The highest BCUT2D eigenvalue weighted by molar-refractivity contribution is 5.90. The van der Waals surface area contributed by atoms with Gasteiger partial charge in [-0.2, -0.15) is 0 Å². The fourth-order valence-corrected chi connectivity index (χ4v) is 3.63. The molecule has 0 saturated carbocycles. The van der Waals surface area contributed by atoms with Crippen molar-refractivity contribution in [2.45, 2.75) is 50.9 Å². The first-order chi connectivity index (χ1) is 12.5. The van der Waals surface area contributed by atoms with E-state index in [1.54, 1.807) is 25.7 Å². The molecule has 27 heavy (non-hydrogen) atoms. The number of amides is 1. The van der Waals surface area contributed by atoms with Gasteiger partial charge in [-0.05, 0) is 32.9 Å². The number of hydrogen-bond donors (Lipinski definition) is 1. The fraction of sp³-hybridized carbons (Fsp3) is 0.579. The first-order valence-corrected chi connectivity index (χ1v) is 8.88. The topological polar surface area (TPSA) is 91.1 Å². The molecule has 1 amide bonds. The minimum absolute atomic E-state index is 0.0556. The van der Waals surface area contributed by atoms with Crippen molar-refractivity contribution in [2.24, 2.45) is 5.73 Å². The van der Waals surface area contributed by atoms with Crippen molar-refractivity contribution in [1.82, 2.24) is 4.90 Å². The predicted octanol–water partition coefficient (Wildman–Crippen LogP) is 2.77. The summed E-state index contributed by atoms with van der Waals surface area (Å²) < 4.78 is 30.7. The van der Waals surface area contributed by atoms with Crippen LogP contribution in [0.15, 0.2) is 12.1 Å². The van der Waals surface area contributed by atoms with Gasteiger partial charge < -0.3 is 24.8 Å². The van der Waals surface area contributed by atoms with Crippen molar-refractivity contribution in [2.75, 3.05) is 20.2 Å². The zero-order valence-corrected chi connectivity index (χ0v) is 16.0. The molecule has 1 saturated heterocycles. The van der Waals surface area contributed by atoms with Crippen LogP contribution in [0.3, 0.4) is 0 Å². The van der Waals surface area contributed by atoms with Crippen LogP contribution in [0.5, 0.6) is 5.75 Å². The number of nitrogens with two attached hydrogens (primary N) is 1. The number of carbonyl (C=O) groups excluding carboxylic acids is 2. The molecule has 7 nitrogen and oxygen atoms in total.